The molecule has 8 nitrogen and oxygen atoms in total. The number of nitrogens with one attached hydrogen (secondary N) is 1. The Morgan fingerprint density at radius 2 is 2.24 bits per heavy atom. The minimum Gasteiger partial charge on any atom is -0.306 e. The first-order chi connectivity index (χ1) is 9.93. The van der Waals surface area contributed by atoms with E-state index < -0.39 is 10.8 Å². The number of anilines is 1. The normalized spacial score (nSPS) is 9.95. The van der Waals surface area contributed by atoms with Gasteiger partial charge >= 0.3 is 0 Å². The van der Waals surface area contributed by atoms with Crippen LogP contribution in [-0.4, -0.2) is 20.6 Å². The van der Waals surface area contributed by atoms with Gasteiger partial charge < -0.3 is 5.32 Å². The van der Waals surface area contributed by atoms with Crippen molar-refractivity contribution in [1.29, 1.82) is 5.26 Å². The summed E-state index contributed by atoms with van der Waals surface area (Å²) in [4.78, 5) is 22.5. The second-order valence-electron chi connectivity index (χ2n) is 4.35. The fourth-order valence-corrected chi connectivity index (χ4v) is 1.81. The van der Waals surface area contributed by atoms with Gasteiger partial charge in [0, 0.05) is 24.7 Å². The summed E-state index contributed by atoms with van der Waals surface area (Å²) in [5.74, 6) is -0.287. The summed E-state index contributed by atoms with van der Waals surface area (Å²) in [5, 5.41) is 26.1. The third-order valence-electron chi connectivity index (χ3n) is 2.97. The SMILES string of the molecule is Cc1ccc([N+](=O)[O-])cc1C(=O)Nc1c(C#N)cnn1C. The molecule has 0 saturated carbocycles. The van der Waals surface area contributed by atoms with Crippen LogP contribution < -0.4 is 5.32 Å². The number of amides is 1. The molecule has 0 atom stereocenters. The van der Waals surface area contributed by atoms with E-state index in [1.807, 2.05) is 6.07 Å². The summed E-state index contributed by atoms with van der Waals surface area (Å²) in [7, 11) is 1.58. The monoisotopic (exact) mass is 285 g/mol. The predicted molar refractivity (Wildman–Crippen MR) is 73.7 cm³/mol. The average Bonchev–Trinajstić information content (AvgIpc) is 2.79. The molecule has 0 unspecified atom stereocenters. The maximum absolute atomic E-state index is 12.2. The van der Waals surface area contributed by atoms with Crippen molar-refractivity contribution in [3.8, 4) is 6.07 Å². The lowest BCUT2D eigenvalue weighted by Gasteiger charge is -2.08. The standard InChI is InChI=1S/C13H11N5O3/c1-8-3-4-10(18(20)21)5-11(8)13(19)16-12-9(6-14)7-15-17(12)2/h3-5,7H,1-2H3,(H,16,19). The number of hydrogen-bond donors (Lipinski definition) is 1. The molecule has 1 aromatic carbocycles. The average molecular weight is 285 g/mol. The fraction of sp³-hybridized carbons (Fsp3) is 0.154. The number of hydrogen-bond acceptors (Lipinski definition) is 5. The molecule has 8 heteroatoms. The van der Waals surface area contributed by atoms with Crippen molar-refractivity contribution in [2.24, 2.45) is 7.05 Å². The van der Waals surface area contributed by atoms with E-state index in [2.05, 4.69) is 10.4 Å². The van der Waals surface area contributed by atoms with E-state index in [9.17, 15) is 14.9 Å². The molecule has 0 radical (unpaired) electrons. The molecule has 1 amide bonds. The summed E-state index contributed by atoms with van der Waals surface area (Å²) in [6, 6.07) is 5.94. The minimum absolute atomic E-state index is 0.170. The van der Waals surface area contributed by atoms with Gasteiger partial charge in [-0.2, -0.15) is 10.4 Å². The van der Waals surface area contributed by atoms with Gasteiger partial charge in [-0.1, -0.05) is 6.07 Å². The highest BCUT2D eigenvalue weighted by atomic mass is 16.6. The molecular formula is C13H11N5O3. The van der Waals surface area contributed by atoms with Gasteiger partial charge in [0.05, 0.1) is 11.1 Å². The Labute approximate surface area is 119 Å². The summed E-state index contributed by atoms with van der Waals surface area (Å²) in [6.07, 6.45) is 1.33. The van der Waals surface area contributed by atoms with Crippen LogP contribution in [0.1, 0.15) is 21.5 Å². The Bertz CT molecular complexity index is 773. The van der Waals surface area contributed by atoms with Crippen molar-refractivity contribution < 1.29 is 9.72 Å². The summed E-state index contributed by atoms with van der Waals surface area (Å²) in [6.45, 7) is 1.67. The van der Waals surface area contributed by atoms with Crippen molar-refractivity contribution in [2.75, 3.05) is 5.32 Å². The van der Waals surface area contributed by atoms with E-state index in [1.165, 1.54) is 29.1 Å². The molecule has 1 N–H and O–H groups in total. The number of carbonyl (C=O) groups excluding carboxylic acids is 1. The van der Waals surface area contributed by atoms with Crippen LogP contribution in [-0.2, 0) is 7.05 Å². The van der Waals surface area contributed by atoms with Crippen LogP contribution in [0, 0.1) is 28.4 Å². The number of nitro groups is 1. The number of aromatic nitrogens is 2. The van der Waals surface area contributed by atoms with Crippen LogP contribution in [0.25, 0.3) is 0 Å². The lowest BCUT2D eigenvalue weighted by atomic mass is 10.1. The molecule has 21 heavy (non-hydrogen) atoms. The molecule has 0 fully saturated rings. The highest BCUT2D eigenvalue weighted by Gasteiger charge is 2.17. The largest absolute Gasteiger partial charge is 0.306 e. The van der Waals surface area contributed by atoms with E-state index >= 15 is 0 Å². The number of rotatable bonds is 3. The topological polar surface area (TPSA) is 114 Å². The van der Waals surface area contributed by atoms with Gasteiger partial charge in [-0.3, -0.25) is 19.6 Å². The van der Waals surface area contributed by atoms with E-state index in [4.69, 9.17) is 5.26 Å². The number of carbonyl (C=O) groups is 1. The highest BCUT2D eigenvalue weighted by molar-refractivity contribution is 6.05. The number of nitro benzene ring substituents is 1. The van der Waals surface area contributed by atoms with Gasteiger partial charge in [-0.15, -0.1) is 0 Å². The van der Waals surface area contributed by atoms with Gasteiger partial charge in [0.25, 0.3) is 11.6 Å². The molecule has 2 rings (SSSR count). The zero-order valence-electron chi connectivity index (χ0n) is 11.3. The van der Waals surface area contributed by atoms with Crippen molar-refractivity contribution in [3.05, 3.63) is 51.2 Å². The van der Waals surface area contributed by atoms with Crippen LogP contribution in [0.3, 0.4) is 0 Å². The second-order valence-corrected chi connectivity index (χ2v) is 4.35. The summed E-state index contributed by atoms with van der Waals surface area (Å²) in [5.41, 5.74) is 0.818. The third kappa shape index (κ3) is 2.71. The Balaban J connectivity index is 2.37. The minimum atomic E-state index is -0.568. The Hall–Kier alpha value is -3.21. The van der Waals surface area contributed by atoms with Crippen molar-refractivity contribution >= 4 is 17.4 Å². The predicted octanol–water partition coefficient (Wildman–Crippen LogP) is 1.76. The van der Waals surface area contributed by atoms with E-state index in [-0.39, 0.29) is 22.6 Å². The van der Waals surface area contributed by atoms with Crippen molar-refractivity contribution in [1.82, 2.24) is 9.78 Å². The van der Waals surface area contributed by atoms with Crippen LogP contribution >= 0.6 is 0 Å². The fourth-order valence-electron chi connectivity index (χ4n) is 1.81. The van der Waals surface area contributed by atoms with Gasteiger partial charge in [0.15, 0.2) is 0 Å². The Kier molecular flexibility index (Phi) is 3.67. The Morgan fingerprint density at radius 3 is 2.86 bits per heavy atom. The van der Waals surface area contributed by atoms with Gasteiger partial charge in [0.2, 0.25) is 0 Å². The number of non-ortho nitro benzene ring substituents is 1. The number of benzene rings is 1. The van der Waals surface area contributed by atoms with Crippen molar-refractivity contribution in [2.45, 2.75) is 6.92 Å². The highest BCUT2D eigenvalue weighted by Crippen LogP contribution is 2.20. The van der Waals surface area contributed by atoms with Gasteiger partial charge in [-0.05, 0) is 12.5 Å². The number of nitrogens with zero attached hydrogens (tertiary/aromatic N) is 4. The molecule has 0 spiro atoms. The van der Waals surface area contributed by atoms with Crippen LogP contribution in [0.4, 0.5) is 11.5 Å². The lowest BCUT2D eigenvalue weighted by molar-refractivity contribution is -0.384. The summed E-state index contributed by atoms with van der Waals surface area (Å²) < 4.78 is 1.35. The van der Waals surface area contributed by atoms with E-state index in [1.54, 1.807) is 14.0 Å². The lowest BCUT2D eigenvalue weighted by Crippen LogP contribution is -2.16. The maximum Gasteiger partial charge on any atom is 0.270 e. The van der Waals surface area contributed by atoms with E-state index in [0.717, 1.165) is 0 Å². The molecule has 1 aromatic heterocycles. The van der Waals surface area contributed by atoms with Crippen LogP contribution in [0.15, 0.2) is 24.4 Å². The molecule has 0 aliphatic heterocycles. The molecule has 0 aliphatic rings. The smallest absolute Gasteiger partial charge is 0.270 e. The summed E-state index contributed by atoms with van der Waals surface area (Å²) >= 11 is 0. The quantitative estimate of drug-likeness (QED) is 0.681. The first-order valence-electron chi connectivity index (χ1n) is 5.92. The first kappa shape index (κ1) is 14.2. The molecule has 0 aliphatic carbocycles. The van der Waals surface area contributed by atoms with Crippen molar-refractivity contribution in [3.63, 3.8) is 0 Å². The van der Waals surface area contributed by atoms with Gasteiger partial charge in [-0.25, -0.2) is 0 Å². The zero-order valence-corrected chi connectivity index (χ0v) is 11.3. The zero-order chi connectivity index (χ0) is 15.6. The number of nitriles is 1. The molecule has 2 aromatic rings. The van der Waals surface area contributed by atoms with E-state index in [0.29, 0.717) is 5.56 Å². The molecule has 0 bridgehead atoms. The molecule has 0 saturated heterocycles. The van der Waals surface area contributed by atoms with Crippen LogP contribution in [0.2, 0.25) is 0 Å². The Morgan fingerprint density at radius 1 is 1.52 bits per heavy atom. The van der Waals surface area contributed by atoms with Crippen LogP contribution in [0.5, 0.6) is 0 Å². The second kappa shape index (κ2) is 5.42. The third-order valence-corrected chi connectivity index (χ3v) is 2.97. The molecular weight excluding hydrogens is 274 g/mol. The van der Waals surface area contributed by atoms with Gasteiger partial charge in [0.1, 0.15) is 17.5 Å². The first-order valence-corrected chi connectivity index (χ1v) is 5.92. The molecule has 106 valence electrons. The maximum atomic E-state index is 12.2. The number of aryl methyl sites for hydroxylation is 2. The molecule has 1 heterocycles.